The Bertz CT molecular complexity index is 504. The Morgan fingerprint density at radius 2 is 2.10 bits per heavy atom. The van der Waals surface area contributed by atoms with E-state index in [1.807, 2.05) is 0 Å². The van der Waals surface area contributed by atoms with E-state index in [9.17, 15) is 9.90 Å². The molecule has 21 heavy (non-hydrogen) atoms. The fraction of sp³-hybridized carbons (Fsp3) is 0.750. The molecule has 5 heteroatoms. The van der Waals surface area contributed by atoms with Crippen LogP contribution in [0.3, 0.4) is 0 Å². The molecular weight excluding hydrogens is 266 g/mol. The first-order valence-electron chi connectivity index (χ1n) is 8.18. The van der Waals surface area contributed by atoms with Gasteiger partial charge in [0.05, 0.1) is 5.69 Å². The molecule has 1 N–H and O–H groups in total. The zero-order valence-electron chi connectivity index (χ0n) is 12.8. The molecule has 0 saturated carbocycles. The Hall–Kier alpha value is -1.36. The van der Waals surface area contributed by atoms with Crippen LogP contribution in [-0.4, -0.2) is 45.2 Å². The third-order valence-electron chi connectivity index (χ3n) is 5.01. The molecule has 5 nitrogen and oxygen atoms in total. The normalized spacial score (nSPS) is 24.0. The van der Waals surface area contributed by atoms with Gasteiger partial charge in [-0.2, -0.15) is 0 Å². The molecule has 3 rings (SSSR count). The topological polar surface area (TPSA) is 58.4 Å². The summed E-state index contributed by atoms with van der Waals surface area (Å²) < 4.78 is 2.07. The van der Waals surface area contributed by atoms with E-state index < -0.39 is 11.9 Å². The SMILES string of the molecule is CCN1CCC(Cc2cn3c(n2)C(C(=O)O)CCC3)CC1. The fourth-order valence-corrected chi connectivity index (χ4v) is 3.67. The Kier molecular flexibility index (Phi) is 4.29. The molecule has 2 aliphatic rings. The quantitative estimate of drug-likeness (QED) is 0.923. The molecule has 2 aliphatic heterocycles. The largest absolute Gasteiger partial charge is 0.481 e. The molecule has 0 amide bonds. The van der Waals surface area contributed by atoms with Crippen molar-refractivity contribution in [1.29, 1.82) is 0 Å². The number of hydrogen-bond acceptors (Lipinski definition) is 3. The minimum absolute atomic E-state index is 0.408. The lowest BCUT2D eigenvalue weighted by Crippen LogP contribution is -2.34. The summed E-state index contributed by atoms with van der Waals surface area (Å²) in [5.41, 5.74) is 1.09. The molecule has 0 aromatic carbocycles. The van der Waals surface area contributed by atoms with Crippen LogP contribution in [0.25, 0.3) is 0 Å². The number of carboxylic acid groups (broad SMARTS) is 1. The van der Waals surface area contributed by atoms with Crippen LogP contribution >= 0.6 is 0 Å². The maximum atomic E-state index is 11.3. The van der Waals surface area contributed by atoms with E-state index in [4.69, 9.17) is 0 Å². The first-order valence-corrected chi connectivity index (χ1v) is 8.18. The van der Waals surface area contributed by atoms with Crippen molar-refractivity contribution in [3.63, 3.8) is 0 Å². The highest BCUT2D eigenvalue weighted by Gasteiger charge is 2.29. The number of carbonyl (C=O) groups is 1. The van der Waals surface area contributed by atoms with E-state index in [-0.39, 0.29) is 0 Å². The van der Waals surface area contributed by atoms with Crippen LogP contribution in [0.1, 0.15) is 50.0 Å². The number of piperidine rings is 1. The second-order valence-corrected chi connectivity index (χ2v) is 6.40. The number of imidazole rings is 1. The molecule has 1 atom stereocenters. The van der Waals surface area contributed by atoms with E-state index in [2.05, 4.69) is 27.6 Å². The minimum atomic E-state index is -0.732. The van der Waals surface area contributed by atoms with Gasteiger partial charge >= 0.3 is 5.97 Å². The molecule has 1 aromatic heterocycles. The van der Waals surface area contributed by atoms with Gasteiger partial charge in [0.2, 0.25) is 0 Å². The van der Waals surface area contributed by atoms with Crippen molar-refractivity contribution < 1.29 is 9.90 Å². The van der Waals surface area contributed by atoms with Crippen molar-refractivity contribution >= 4 is 5.97 Å². The third-order valence-corrected chi connectivity index (χ3v) is 5.01. The molecule has 0 bridgehead atoms. The highest BCUT2D eigenvalue weighted by atomic mass is 16.4. The number of fused-ring (bicyclic) bond motifs is 1. The van der Waals surface area contributed by atoms with Crippen LogP contribution in [0.2, 0.25) is 0 Å². The summed E-state index contributed by atoms with van der Waals surface area (Å²) in [5, 5.41) is 9.31. The molecular formula is C16H25N3O2. The summed E-state index contributed by atoms with van der Waals surface area (Å²) in [4.78, 5) is 18.5. The summed E-state index contributed by atoms with van der Waals surface area (Å²) in [5.74, 6) is 0.335. The first kappa shape index (κ1) is 14.6. The molecule has 0 aliphatic carbocycles. The standard InChI is InChI=1S/C16H25N3O2/c1-2-18-8-5-12(6-9-18)10-13-11-19-7-3-4-14(16(20)21)15(19)17-13/h11-12,14H,2-10H2,1H3,(H,20,21). The smallest absolute Gasteiger partial charge is 0.314 e. The maximum Gasteiger partial charge on any atom is 0.314 e. The summed E-state index contributed by atoms with van der Waals surface area (Å²) in [6.07, 6.45) is 7.23. The highest BCUT2D eigenvalue weighted by Crippen LogP contribution is 2.28. The van der Waals surface area contributed by atoms with E-state index >= 15 is 0 Å². The zero-order chi connectivity index (χ0) is 14.8. The van der Waals surface area contributed by atoms with Gasteiger partial charge in [-0.1, -0.05) is 6.92 Å². The molecule has 1 unspecified atom stereocenters. The van der Waals surface area contributed by atoms with Crippen LogP contribution < -0.4 is 0 Å². The monoisotopic (exact) mass is 291 g/mol. The lowest BCUT2D eigenvalue weighted by atomic mass is 9.92. The Balaban J connectivity index is 1.66. The number of aliphatic carboxylic acids is 1. The molecule has 1 aromatic rings. The lowest BCUT2D eigenvalue weighted by molar-refractivity contribution is -0.139. The van der Waals surface area contributed by atoms with Gasteiger partial charge in [-0.25, -0.2) is 4.98 Å². The second-order valence-electron chi connectivity index (χ2n) is 6.40. The van der Waals surface area contributed by atoms with Crippen molar-refractivity contribution in [2.45, 2.75) is 51.5 Å². The van der Waals surface area contributed by atoms with E-state index in [0.717, 1.165) is 43.9 Å². The Morgan fingerprint density at radius 3 is 2.76 bits per heavy atom. The second kappa shape index (κ2) is 6.18. The summed E-state index contributed by atoms with van der Waals surface area (Å²) in [7, 11) is 0. The van der Waals surface area contributed by atoms with Crippen molar-refractivity contribution in [2.24, 2.45) is 5.92 Å². The lowest BCUT2D eigenvalue weighted by Gasteiger charge is -2.30. The number of aromatic nitrogens is 2. The average molecular weight is 291 g/mol. The van der Waals surface area contributed by atoms with Gasteiger partial charge in [-0.3, -0.25) is 4.79 Å². The van der Waals surface area contributed by atoms with Crippen LogP contribution in [0.15, 0.2) is 6.20 Å². The summed E-state index contributed by atoms with van der Waals surface area (Å²) >= 11 is 0. The highest BCUT2D eigenvalue weighted by molar-refractivity contribution is 5.75. The summed E-state index contributed by atoms with van der Waals surface area (Å²) in [6.45, 7) is 6.65. The molecule has 1 fully saturated rings. The van der Waals surface area contributed by atoms with Crippen LogP contribution in [0.4, 0.5) is 0 Å². The van der Waals surface area contributed by atoms with Gasteiger partial charge in [-0.05, 0) is 57.7 Å². The minimum Gasteiger partial charge on any atom is -0.481 e. The van der Waals surface area contributed by atoms with Crippen LogP contribution in [0.5, 0.6) is 0 Å². The molecule has 1 saturated heterocycles. The van der Waals surface area contributed by atoms with Gasteiger partial charge < -0.3 is 14.6 Å². The molecule has 3 heterocycles. The predicted molar refractivity (Wildman–Crippen MR) is 80.4 cm³/mol. The molecule has 0 spiro atoms. The van der Waals surface area contributed by atoms with Crippen molar-refractivity contribution in [3.05, 3.63) is 17.7 Å². The third kappa shape index (κ3) is 3.12. The first-order chi connectivity index (χ1) is 10.2. The molecule has 116 valence electrons. The van der Waals surface area contributed by atoms with E-state index in [1.165, 1.54) is 25.9 Å². The number of carboxylic acids is 1. The van der Waals surface area contributed by atoms with Gasteiger partial charge in [0.15, 0.2) is 0 Å². The van der Waals surface area contributed by atoms with Crippen molar-refractivity contribution in [1.82, 2.24) is 14.5 Å². The Labute approximate surface area is 126 Å². The average Bonchev–Trinajstić information content (AvgIpc) is 2.89. The fourth-order valence-electron chi connectivity index (χ4n) is 3.67. The zero-order valence-corrected chi connectivity index (χ0v) is 12.8. The number of aryl methyl sites for hydroxylation is 1. The van der Waals surface area contributed by atoms with Gasteiger partial charge in [0, 0.05) is 12.7 Å². The predicted octanol–water partition coefficient (Wildman–Crippen LogP) is 2.12. The van der Waals surface area contributed by atoms with Crippen molar-refractivity contribution in [3.8, 4) is 0 Å². The maximum absolute atomic E-state index is 11.3. The van der Waals surface area contributed by atoms with E-state index in [1.54, 1.807) is 0 Å². The van der Waals surface area contributed by atoms with Crippen molar-refractivity contribution in [2.75, 3.05) is 19.6 Å². The Morgan fingerprint density at radius 1 is 1.33 bits per heavy atom. The van der Waals surface area contributed by atoms with Gasteiger partial charge in [-0.15, -0.1) is 0 Å². The number of rotatable bonds is 4. The van der Waals surface area contributed by atoms with Crippen LogP contribution in [-0.2, 0) is 17.8 Å². The van der Waals surface area contributed by atoms with Crippen LogP contribution in [0, 0.1) is 5.92 Å². The molecule has 0 radical (unpaired) electrons. The number of hydrogen-bond donors (Lipinski definition) is 1. The number of nitrogens with zero attached hydrogens (tertiary/aromatic N) is 3. The number of likely N-dealkylation sites (tertiary alicyclic amines) is 1. The van der Waals surface area contributed by atoms with Gasteiger partial charge in [0.1, 0.15) is 11.7 Å². The van der Waals surface area contributed by atoms with E-state index in [0.29, 0.717) is 5.92 Å². The summed E-state index contributed by atoms with van der Waals surface area (Å²) in [6, 6.07) is 0. The van der Waals surface area contributed by atoms with Gasteiger partial charge in [0.25, 0.3) is 0 Å².